The Morgan fingerprint density at radius 3 is 2.47 bits per heavy atom. The van der Waals surface area contributed by atoms with Crippen molar-refractivity contribution in [2.45, 2.75) is 25.3 Å². The third-order valence-corrected chi connectivity index (χ3v) is 2.06. The predicted octanol–water partition coefficient (Wildman–Crippen LogP) is 1.59. The van der Waals surface area contributed by atoms with E-state index in [0.717, 1.165) is 5.56 Å². The molecular formula is C11H16Cl2N4. The van der Waals surface area contributed by atoms with Gasteiger partial charge in [-0.1, -0.05) is 11.8 Å². The van der Waals surface area contributed by atoms with Crippen LogP contribution in [0.4, 0.5) is 5.95 Å². The van der Waals surface area contributed by atoms with Crippen LogP contribution >= 0.6 is 24.8 Å². The van der Waals surface area contributed by atoms with Crippen molar-refractivity contribution in [2.24, 2.45) is 5.73 Å². The van der Waals surface area contributed by atoms with Crippen LogP contribution in [0.1, 0.15) is 24.8 Å². The average molecular weight is 275 g/mol. The van der Waals surface area contributed by atoms with Gasteiger partial charge in [0.25, 0.3) is 0 Å². The standard InChI is InChI=1S/C11H14N4.2ClH/c12-6-2-1-3-9-7-13-11(14-8-9)15-10-4-5-10;;/h7-8,10H,2,4-6,12H2,(H,13,14,15);2*1H. The van der Waals surface area contributed by atoms with Gasteiger partial charge in [0.1, 0.15) is 0 Å². The smallest absolute Gasteiger partial charge is 0.222 e. The molecule has 0 saturated heterocycles. The fourth-order valence-corrected chi connectivity index (χ4v) is 1.11. The second-order valence-corrected chi connectivity index (χ2v) is 3.55. The Kier molecular flexibility index (Phi) is 7.64. The summed E-state index contributed by atoms with van der Waals surface area (Å²) < 4.78 is 0. The quantitative estimate of drug-likeness (QED) is 0.822. The fourth-order valence-electron chi connectivity index (χ4n) is 1.11. The summed E-state index contributed by atoms with van der Waals surface area (Å²) >= 11 is 0. The normalized spacial score (nSPS) is 12.5. The van der Waals surface area contributed by atoms with Gasteiger partial charge >= 0.3 is 0 Å². The maximum atomic E-state index is 5.33. The lowest BCUT2D eigenvalue weighted by Gasteiger charge is -2.00. The first-order valence-corrected chi connectivity index (χ1v) is 5.16. The molecule has 0 atom stereocenters. The monoisotopic (exact) mass is 274 g/mol. The second kappa shape index (κ2) is 8.13. The molecule has 2 rings (SSSR count). The molecule has 4 nitrogen and oxygen atoms in total. The summed E-state index contributed by atoms with van der Waals surface area (Å²) in [5.74, 6) is 6.60. The van der Waals surface area contributed by atoms with E-state index in [1.807, 2.05) is 0 Å². The van der Waals surface area contributed by atoms with Gasteiger partial charge in [-0.05, 0) is 12.8 Å². The molecule has 1 aromatic rings. The molecule has 1 saturated carbocycles. The van der Waals surface area contributed by atoms with Crippen LogP contribution in [0.5, 0.6) is 0 Å². The van der Waals surface area contributed by atoms with Crippen molar-refractivity contribution in [3.63, 3.8) is 0 Å². The van der Waals surface area contributed by atoms with Gasteiger partial charge < -0.3 is 11.1 Å². The zero-order valence-corrected chi connectivity index (χ0v) is 11.0. The van der Waals surface area contributed by atoms with Crippen LogP contribution in [-0.2, 0) is 0 Å². The molecule has 94 valence electrons. The molecule has 17 heavy (non-hydrogen) atoms. The Bertz CT molecular complexity index is 379. The van der Waals surface area contributed by atoms with Gasteiger partial charge in [0.2, 0.25) is 5.95 Å². The van der Waals surface area contributed by atoms with Gasteiger partial charge in [-0.2, -0.15) is 0 Å². The zero-order chi connectivity index (χ0) is 10.5. The second-order valence-electron chi connectivity index (χ2n) is 3.55. The molecule has 0 bridgehead atoms. The number of hydrogen-bond acceptors (Lipinski definition) is 4. The molecule has 0 aromatic carbocycles. The van der Waals surface area contributed by atoms with E-state index in [2.05, 4.69) is 27.1 Å². The van der Waals surface area contributed by atoms with E-state index >= 15 is 0 Å². The van der Waals surface area contributed by atoms with Gasteiger partial charge in [-0.25, -0.2) is 9.97 Å². The van der Waals surface area contributed by atoms with Crippen molar-refractivity contribution in [1.29, 1.82) is 0 Å². The molecule has 1 heterocycles. The lowest BCUT2D eigenvalue weighted by atomic mass is 10.3. The topological polar surface area (TPSA) is 63.8 Å². The number of hydrogen-bond donors (Lipinski definition) is 2. The molecular weight excluding hydrogens is 259 g/mol. The molecule has 0 aliphatic heterocycles. The molecule has 0 spiro atoms. The van der Waals surface area contributed by atoms with E-state index in [1.54, 1.807) is 12.4 Å². The molecule has 6 heteroatoms. The van der Waals surface area contributed by atoms with E-state index in [9.17, 15) is 0 Å². The first-order valence-electron chi connectivity index (χ1n) is 5.16. The van der Waals surface area contributed by atoms with Crippen LogP contribution < -0.4 is 11.1 Å². The van der Waals surface area contributed by atoms with Gasteiger partial charge in [0, 0.05) is 31.4 Å². The van der Waals surface area contributed by atoms with Crippen LogP contribution in [0.15, 0.2) is 12.4 Å². The highest BCUT2D eigenvalue weighted by Gasteiger charge is 2.21. The van der Waals surface area contributed by atoms with Crippen LogP contribution in [-0.4, -0.2) is 22.6 Å². The van der Waals surface area contributed by atoms with Crippen LogP contribution in [0.25, 0.3) is 0 Å². The average Bonchev–Trinajstić information content (AvgIpc) is 3.05. The summed E-state index contributed by atoms with van der Waals surface area (Å²) in [5, 5.41) is 3.22. The number of nitrogens with two attached hydrogens (primary N) is 1. The highest BCUT2D eigenvalue weighted by Crippen LogP contribution is 2.22. The minimum Gasteiger partial charge on any atom is -0.351 e. The Morgan fingerprint density at radius 2 is 1.94 bits per heavy atom. The van der Waals surface area contributed by atoms with Crippen molar-refractivity contribution in [1.82, 2.24) is 9.97 Å². The largest absolute Gasteiger partial charge is 0.351 e. The summed E-state index contributed by atoms with van der Waals surface area (Å²) in [4.78, 5) is 8.36. The third-order valence-electron chi connectivity index (χ3n) is 2.06. The minimum absolute atomic E-state index is 0. The van der Waals surface area contributed by atoms with Crippen molar-refractivity contribution >= 4 is 30.8 Å². The number of halogens is 2. The lowest BCUT2D eigenvalue weighted by molar-refractivity contribution is 1.03. The fraction of sp³-hybridized carbons (Fsp3) is 0.455. The Hall–Kier alpha value is -1.02. The van der Waals surface area contributed by atoms with Gasteiger partial charge in [0.15, 0.2) is 0 Å². The molecule has 3 N–H and O–H groups in total. The highest BCUT2D eigenvalue weighted by atomic mass is 35.5. The van der Waals surface area contributed by atoms with E-state index in [4.69, 9.17) is 5.73 Å². The minimum atomic E-state index is 0. The summed E-state index contributed by atoms with van der Waals surface area (Å²) in [6.45, 7) is 0.592. The number of nitrogens with zero attached hydrogens (tertiary/aromatic N) is 2. The van der Waals surface area contributed by atoms with Gasteiger partial charge in [-0.15, -0.1) is 24.8 Å². The molecule has 0 amide bonds. The first-order chi connectivity index (χ1) is 7.38. The molecule has 0 unspecified atom stereocenters. The molecule has 1 aliphatic rings. The van der Waals surface area contributed by atoms with Crippen molar-refractivity contribution in [3.05, 3.63) is 18.0 Å². The molecule has 1 fully saturated rings. The van der Waals surface area contributed by atoms with Crippen LogP contribution in [0, 0.1) is 11.8 Å². The summed E-state index contributed by atoms with van der Waals surface area (Å²) in [7, 11) is 0. The number of aromatic nitrogens is 2. The highest BCUT2D eigenvalue weighted by molar-refractivity contribution is 5.85. The van der Waals surface area contributed by atoms with Gasteiger partial charge in [-0.3, -0.25) is 0 Å². The zero-order valence-electron chi connectivity index (χ0n) is 9.35. The van der Waals surface area contributed by atoms with Crippen LogP contribution in [0.3, 0.4) is 0 Å². The van der Waals surface area contributed by atoms with E-state index in [1.165, 1.54) is 12.8 Å². The Labute approximate surface area is 114 Å². The maximum absolute atomic E-state index is 5.33. The third kappa shape index (κ3) is 5.73. The Balaban J connectivity index is 0.00000128. The summed E-state index contributed by atoms with van der Waals surface area (Å²) in [6.07, 6.45) is 6.63. The number of anilines is 1. The Morgan fingerprint density at radius 1 is 1.29 bits per heavy atom. The maximum Gasteiger partial charge on any atom is 0.222 e. The predicted molar refractivity (Wildman–Crippen MR) is 73.7 cm³/mol. The van der Waals surface area contributed by atoms with E-state index in [-0.39, 0.29) is 24.8 Å². The number of nitrogens with one attached hydrogen (secondary N) is 1. The summed E-state index contributed by atoms with van der Waals surface area (Å²) in [5.41, 5.74) is 6.17. The van der Waals surface area contributed by atoms with Gasteiger partial charge in [0.05, 0.1) is 5.56 Å². The van der Waals surface area contributed by atoms with Crippen molar-refractivity contribution < 1.29 is 0 Å². The lowest BCUT2D eigenvalue weighted by Crippen LogP contribution is -2.04. The number of rotatable bonds is 3. The SMILES string of the molecule is Cl.Cl.NCCC#Cc1cnc(NC2CC2)nc1. The van der Waals surface area contributed by atoms with E-state index < -0.39 is 0 Å². The van der Waals surface area contributed by atoms with Crippen LogP contribution in [0.2, 0.25) is 0 Å². The molecule has 1 aromatic heterocycles. The van der Waals surface area contributed by atoms with Crippen molar-refractivity contribution in [3.8, 4) is 11.8 Å². The first kappa shape index (κ1) is 16.0. The van der Waals surface area contributed by atoms with Crippen molar-refractivity contribution in [2.75, 3.05) is 11.9 Å². The summed E-state index contributed by atoms with van der Waals surface area (Å²) in [6, 6.07) is 0.583. The molecule has 0 radical (unpaired) electrons. The molecule has 1 aliphatic carbocycles. The van der Waals surface area contributed by atoms with E-state index in [0.29, 0.717) is 25.0 Å².